The summed E-state index contributed by atoms with van der Waals surface area (Å²) in [6, 6.07) is 7.90. The second-order valence-electron chi connectivity index (χ2n) is 7.59. The molecule has 25 heavy (non-hydrogen) atoms. The molecule has 0 spiro atoms. The Labute approximate surface area is 152 Å². The molecule has 142 valence electrons. The minimum Gasteiger partial charge on any atom is -0.497 e. The van der Waals surface area contributed by atoms with Crippen LogP contribution in [0.3, 0.4) is 0 Å². The van der Waals surface area contributed by atoms with E-state index in [1.165, 1.54) is 0 Å². The summed E-state index contributed by atoms with van der Waals surface area (Å²) < 4.78 is 16.2. The van der Waals surface area contributed by atoms with Crippen LogP contribution in [0.1, 0.15) is 46.1 Å². The van der Waals surface area contributed by atoms with E-state index in [1.807, 2.05) is 24.3 Å². The van der Waals surface area contributed by atoms with Gasteiger partial charge in [0.1, 0.15) is 12.5 Å². The van der Waals surface area contributed by atoms with Gasteiger partial charge in [-0.1, -0.05) is 39.8 Å². The fraction of sp³-hybridized carbons (Fsp3) is 0.650. The molecule has 5 heteroatoms. The molecule has 0 saturated heterocycles. The van der Waals surface area contributed by atoms with Crippen molar-refractivity contribution >= 4 is 5.91 Å². The molecule has 1 aromatic carbocycles. The van der Waals surface area contributed by atoms with Crippen molar-refractivity contribution in [2.45, 2.75) is 53.2 Å². The van der Waals surface area contributed by atoms with Gasteiger partial charge in [-0.05, 0) is 35.4 Å². The standard InChI is InChI=1S/C20H33NO4/c1-15(12-19(22)21-14-23-5)11-18(20(2,3)4)25-13-16-7-9-17(24-6)10-8-16/h7-10,15,18H,11-14H2,1-6H3,(H,21,22)/t15-,18+/m1/s1. The molecular weight excluding hydrogens is 318 g/mol. The molecule has 0 radical (unpaired) electrons. The molecule has 0 unspecified atom stereocenters. The summed E-state index contributed by atoms with van der Waals surface area (Å²) in [7, 11) is 3.22. The van der Waals surface area contributed by atoms with Gasteiger partial charge in [0.15, 0.2) is 0 Å². The van der Waals surface area contributed by atoms with Crippen molar-refractivity contribution in [3.05, 3.63) is 29.8 Å². The van der Waals surface area contributed by atoms with Gasteiger partial charge in [-0.15, -0.1) is 0 Å². The van der Waals surface area contributed by atoms with E-state index in [1.54, 1.807) is 14.2 Å². The van der Waals surface area contributed by atoms with E-state index in [2.05, 4.69) is 33.0 Å². The van der Waals surface area contributed by atoms with Gasteiger partial charge in [-0.2, -0.15) is 0 Å². The second-order valence-corrected chi connectivity index (χ2v) is 7.59. The topological polar surface area (TPSA) is 56.8 Å². The number of amides is 1. The van der Waals surface area contributed by atoms with E-state index in [4.69, 9.17) is 14.2 Å². The lowest BCUT2D eigenvalue weighted by Gasteiger charge is -2.32. The highest BCUT2D eigenvalue weighted by molar-refractivity contribution is 5.75. The van der Waals surface area contributed by atoms with E-state index in [-0.39, 0.29) is 30.1 Å². The lowest BCUT2D eigenvalue weighted by Crippen LogP contribution is -2.33. The molecule has 1 amide bonds. The normalized spacial score (nSPS) is 14.0. The lowest BCUT2D eigenvalue weighted by atomic mass is 9.83. The van der Waals surface area contributed by atoms with Crippen LogP contribution in [0.2, 0.25) is 0 Å². The highest BCUT2D eigenvalue weighted by Gasteiger charge is 2.28. The molecule has 2 atom stereocenters. The summed E-state index contributed by atoms with van der Waals surface area (Å²) in [5.74, 6) is 1.08. The largest absolute Gasteiger partial charge is 0.497 e. The zero-order valence-electron chi connectivity index (χ0n) is 16.4. The van der Waals surface area contributed by atoms with Gasteiger partial charge >= 0.3 is 0 Å². The third kappa shape index (κ3) is 8.36. The van der Waals surface area contributed by atoms with Crippen LogP contribution in [0.4, 0.5) is 0 Å². The molecule has 0 aromatic heterocycles. The van der Waals surface area contributed by atoms with E-state index >= 15 is 0 Å². The molecule has 1 rings (SSSR count). The minimum absolute atomic E-state index is 0.00371. The Hall–Kier alpha value is -1.59. The highest BCUT2D eigenvalue weighted by atomic mass is 16.5. The number of ether oxygens (including phenoxy) is 3. The summed E-state index contributed by atoms with van der Waals surface area (Å²) in [6.07, 6.45) is 1.38. The molecule has 5 nitrogen and oxygen atoms in total. The van der Waals surface area contributed by atoms with Crippen LogP contribution in [0.5, 0.6) is 5.75 Å². The number of rotatable bonds is 10. The molecule has 1 N–H and O–H groups in total. The lowest BCUT2D eigenvalue weighted by molar-refractivity contribution is -0.124. The molecule has 0 aliphatic carbocycles. The maximum absolute atomic E-state index is 11.8. The Morgan fingerprint density at radius 3 is 2.32 bits per heavy atom. The monoisotopic (exact) mass is 351 g/mol. The first kappa shape index (κ1) is 21.5. The van der Waals surface area contributed by atoms with Gasteiger partial charge in [0.2, 0.25) is 5.91 Å². The predicted molar refractivity (Wildman–Crippen MR) is 99.4 cm³/mol. The Balaban J connectivity index is 2.57. The summed E-state index contributed by atoms with van der Waals surface area (Å²) in [5, 5.41) is 2.73. The van der Waals surface area contributed by atoms with Crippen LogP contribution >= 0.6 is 0 Å². The molecule has 0 heterocycles. The Bertz CT molecular complexity index is 507. The maximum Gasteiger partial charge on any atom is 0.222 e. The van der Waals surface area contributed by atoms with Gasteiger partial charge in [0, 0.05) is 13.5 Å². The predicted octanol–water partition coefficient (Wildman–Crippen LogP) is 3.76. The maximum atomic E-state index is 11.8. The van der Waals surface area contributed by atoms with Crippen molar-refractivity contribution in [1.82, 2.24) is 5.32 Å². The van der Waals surface area contributed by atoms with Crippen LogP contribution < -0.4 is 10.1 Å². The fourth-order valence-electron chi connectivity index (χ4n) is 2.58. The second kappa shape index (κ2) is 10.4. The summed E-state index contributed by atoms with van der Waals surface area (Å²) in [6.45, 7) is 9.40. The number of nitrogens with one attached hydrogen (secondary N) is 1. The zero-order chi connectivity index (χ0) is 18.9. The number of hydrogen-bond acceptors (Lipinski definition) is 4. The minimum atomic E-state index is 0.00371. The van der Waals surface area contributed by atoms with E-state index in [0.29, 0.717) is 13.0 Å². The average molecular weight is 351 g/mol. The SMILES string of the molecule is COCNC(=O)C[C@H](C)C[C@H](OCc1ccc(OC)cc1)C(C)(C)C. The molecule has 1 aromatic rings. The van der Waals surface area contributed by atoms with Gasteiger partial charge in [0.05, 0.1) is 19.8 Å². The van der Waals surface area contributed by atoms with E-state index < -0.39 is 0 Å². The molecule has 0 fully saturated rings. The van der Waals surface area contributed by atoms with Gasteiger partial charge in [-0.25, -0.2) is 0 Å². The first-order chi connectivity index (χ1) is 11.8. The first-order valence-electron chi connectivity index (χ1n) is 8.76. The summed E-state index contributed by atoms with van der Waals surface area (Å²) in [4.78, 5) is 11.8. The molecular formula is C20H33NO4. The number of carbonyl (C=O) groups excluding carboxylic acids is 1. The quantitative estimate of drug-likeness (QED) is 0.652. The van der Waals surface area contributed by atoms with Crippen LogP contribution in [0, 0.1) is 11.3 Å². The van der Waals surface area contributed by atoms with Gasteiger partial charge in [-0.3, -0.25) is 4.79 Å². The average Bonchev–Trinajstić information content (AvgIpc) is 2.56. The fourth-order valence-corrected chi connectivity index (χ4v) is 2.58. The zero-order valence-corrected chi connectivity index (χ0v) is 16.4. The van der Waals surface area contributed by atoms with Crippen molar-refractivity contribution in [3.8, 4) is 5.75 Å². The third-order valence-corrected chi connectivity index (χ3v) is 4.14. The Kier molecular flexibility index (Phi) is 8.93. The Morgan fingerprint density at radius 1 is 1.16 bits per heavy atom. The van der Waals surface area contributed by atoms with Crippen molar-refractivity contribution < 1.29 is 19.0 Å². The van der Waals surface area contributed by atoms with Crippen LogP contribution in [0.15, 0.2) is 24.3 Å². The van der Waals surface area contributed by atoms with Crippen LogP contribution in [0.25, 0.3) is 0 Å². The summed E-state index contributed by atoms with van der Waals surface area (Å²) in [5.41, 5.74) is 1.12. The third-order valence-electron chi connectivity index (χ3n) is 4.14. The molecule has 0 aliphatic rings. The van der Waals surface area contributed by atoms with Crippen LogP contribution in [-0.4, -0.2) is 33.0 Å². The van der Waals surface area contributed by atoms with Crippen molar-refractivity contribution in [3.63, 3.8) is 0 Å². The molecule has 0 aliphatic heterocycles. The van der Waals surface area contributed by atoms with Gasteiger partial charge < -0.3 is 19.5 Å². The number of benzene rings is 1. The first-order valence-corrected chi connectivity index (χ1v) is 8.76. The van der Waals surface area contributed by atoms with Crippen molar-refractivity contribution in [2.24, 2.45) is 11.3 Å². The van der Waals surface area contributed by atoms with Gasteiger partial charge in [0.25, 0.3) is 0 Å². The molecule has 0 saturated carbocycles. The molecule has 0 bridgehead atoms. The number of hydrogen-bond donors (Lipinski definition) is 1. The Morgan fingerprint density at radius 2 is 1.80 bits per heavy atom. The summed E-state index contributed by atoms with van der Waals surface area (Å²) >= 11 is 0. The van der Waals surface area contributed by atoms with Crippen LogP contribution in [-0.2, 0) is 20.9 Å². The van der Waals surface area contributed by atoms with E-state index in [9.17, 15) is 4.79 Å². The van der Waals surface area contributed by atoms with Crippen molar-refractivity contribution in [1.29, 1.82) is 0 Å². The van der Waals surface area contributed by atoms with E-state index in [0.717, 1.165) is 17.7 Å². The smallest absolute Gasteiger partial charge is 0.222 e. The van der Waals surface area contributed by atoms with Crippen molar-refractivity contribution in [2.75, 3.05) is 21.0 Å². The number of carbonyl (C=O) groups is 1. The number of methoxy groups -OCH3 is 2. The highest BCUT2D eigenvalue weighted by Crippen LogP contribution is 2.29.